The van der Waals surface area contributed by atoms with Gasteiger partial charge in [0, 0.05) is 15.0 Å². The number of halogens is 2. The molecule has 0 unspecified atom stereocenters. The van der Waals surface area contributed by atoms with Crippen molar-refractivity contribution in [2.24, 2.45) is 0 Å². The summed E-state index contributed by atoms with van der Waals surface area (Å²) in [4.78, 5) is 12.1. The highest BCUT2D eigenvalue weighted by molar-refractivity contribution is 9.10. The van der Waals surface area contributed by atoms with Gasteiger partial charge >= 0.3 is 0 Å². The molecule has 0 saturated carbocycles. The van der Waals surface area contributed by atoms with Crippen LogP contribution in [-0.2, 0) is 10.3 Å². The molecule has 0 saturated heterocycles. The number of hydrogen-bond donors (Lipinski definition) is 2. The topological polar surface area (TPSA) is 41.1 Å². The van der Waals surface area contributed by atoms with Crippen molar-refractivity contribution in [3.05, 3.63) is 63.6 Å². The van der Waals surface area contributed by atoms with Crippen LogP contribution >= 0.6 is 27.5 Å². The molecule has 3 nitrogen and oxygen atoms in total. The number of carbonyl (C=O) groups is 1. The number of anilines is 1. The highest BCUT2D eigenvalue weighted by atomic mass is 79.9. The largest absolute Gasteiger partial charge is 0.324 e. The van der Waals surface area contributed by atoms with Crippen LogP contribution in [0.2, 0.25) is 5.02 Å². The SMILES string of the molecule is CC(C)(NCC(=O)Nc1ccccc1Br)c1ccc(Cl)cc1. The van der Waals surface area contributed by atoms with Crippen LogP contribution in [0, 0.1) is 0 Å². The van der Waals surface area contributed by atoms with Crippen molar-refractivity contribution >= 4 is 39.1 Å². The van der Waals surface area contributed by atoms with E-state index < -0.39 is 0 Å². The second kappa shape index (κ2) is 7.27. The van der Waals surface area contributed by atoms with E-state index in [4.69, 9.17) is 11.6 Å². The van der Waals surface area contributed by atoms with Crippen molar-refractivity contribution in [1.82, 2.24) is 5.32 Å². The van der Waals surface area contributed by atoms with E-state index >= 15 is 0 Å². The van der Waals surface area contributed by atoms with Gasteiger partial charge in [-0.2, -0.15) is 0 Å². The molecule has 5 heteroatoms. The molecule has 0 bridgehead atoms. The Labute approximate surface area is 144 Å². The summed E-state index contributed by atoms with van der Waals surface area (Å²) < 4.78 is 0.861. The Bertz CT molecular complexity index is 656. The maximum absolute atomic E-state index is 12.1. The first kappa shape index (κ1) is 17.0. The van der Waals surface area contributed by atoms with E-state index in [1.54, 1.807) is 0 Å². The fraction of sp³-hybridized carbons (Fsp3) is 0.235. The van der Waals surface area contributed by atoms with Gasteiger partial charge in [-0.25, -0.2) is 0 Å². The molecule has 0 aliphatic carbocycles. The second-order valence-corrected chi connectivity index (χ2v) is 6.80. The molecule has 2 rings (SSSR count). The number of hydrogen-bond acceptors (Lipinski definition) is 2. The summed E-state index contributed by atoms with van der Waals surface area (Å²) in [5.74, 6) is -0.0889. The van der Waals surface area contributed by atoms with Crippen LogP contribution in [0.4, 0.5) is 5.69 Å². The molecule has 2 aromatic rings. The third-order valence-electron chi connectivity index (χ3n) is 3.40. The van der Waals surface area contributed by atoms with Crippen molar-refractivity contribution in [3.8, 4) is 0 Å². The molecule has 0 aliphatic heterocycles. The molecule has 2 aromatic carbocycles. The van der Waals surface area contributed by atoms with Gasteiger partial charge in [-0.15, -0.1) is 0 Å². The van der Waals surface area contributed by atoms with Crippen LogP contribution in [0.5, 0.6) is 0 Å². The first-order valence-electron chi connectivity index (χ1n) is 6.94. The standard InChI is InChI=1S/C17H18BrClN2O/c1-17(2,12-7-9-13(19)10-8-12)20-11-16(22)21-15-6-4-3-5-14(15)18/h3-10,20H,11H2,1-2H3,(H,21,22). The van der Waals surface area contributed by atoms with Crippen molar-refractivity contribution in [2.75, 3.05) is 11.9 Å². The lowest BCUT2D eigenvalue weighted by Gasteiger charge is -2.27. The lowest BCUT2D eigenvalue weighted by atomic mass is 9.94. The Balaban J connectivity index is 1.95. The van der Waals surface area contributed by atoms with E-state index in [1.165, 1.54) is 0 Å². The monoisotopic (exact) mass is 380 g/mol. The fourth-order valence-electron chi connectivity index (χ4n) is 2.03. The van der Waals surface area contributed by atoms with Gasteiger partial charge in [0.05, 0.1) is 12.2 Å². The Morgan fingerprint density at radius 3 is 2.41 bits per heavy atom. The predicted molar refractivity (Wildman–Crippen MR) is 95.3 cm³/mol. The molecule has 22 heavy (non-hydrogen) atoms. The zero-order chi connectivity index (χ0) is 16.2. The van der Waals surface area contributed by atoms with E-state index in [-0.39, 0.29) is 18.0 Å². The molecule has 0 heterocycles. The van der Waals surface area contributed by atoms with E-state index in [0.29, 0.717) is 5.02 Å². The van der Waals surface area contributed by atoms with Crippen LogP contribution in [0.3, 0.4) is 0 Å². The summed E-state index contributed by atoms with van der Waals surface area (Å²) in [6, 6.07) is 15.1. The maximum Gasteiger partial charge on any atom is 0.238 e. The lowest BCUT2D eigenvalue weighted by Crippen LogP contribution is -2.41. The summed E-state index contributed by atoms with van der Waals surface area (Å²) in [5, 5.41) is 6.84. The number of amides is 1. The minimum Gasteiger partial charge on any atom is -0.324 e. The molecule has 116 valence electrons. The summed E-state index contributed by atoms with van der Waals surface area (Å²) >= 11 is 9.32. The van der Waals surface area contributed by atoms with Gasteiger partial charge in [-0.05, 0) is 59.6 Å². The molecule has 2 N–H and O–H groups in total. The zero-order valence-electron chi connectivity index (χ0n) is 12.5. The first-order valence-corrected chi connectivity index (χ1v) is 8.11. The van der Waals surface area contributed by atoms with Gasteiger partial charge in [0.1, 0.15) is 0 Å². The summed E-state index contributed by atoms with van der Waals surface area (Å²) in [6.45, 7) is 4.28. The van der Waals surface area contributed by atoms with Crippen molar-refractivity contribution in [2.45, 2.75) is 19.4 Å². The molecule has 0 radical (unpaired) electrons. The predicted octanol–water partition coefficient (Wildman–Crippen LogP) is 4.57. The average molecular weight is 382 g/mol. The number of para-hydroxylation sites is 1. The average Bonchev–Trinajstić information content (AvgIpc) is 2.48. The van der Waals surface area contributed by atoms with E-state index in [1.807, 2.05) is 62.4 Å². The normalized spacial score (nSPS) is 11.3. The Morgan fingerprint density at radius 1 is 1.14 bits per heavy atom. The third-order valence-corrected chi connectivity index (χ3v) is 4.35. The van der Waals surface area contributed by atoms with E-state index in [2.05, 4.69) is 26.6 Å². The van der Waals surface area contributed by atoms with Crippen LogP contribution < -0.4 is 10.6 Å². The quantitative estimate of drug-likeness (QED) is 0.797. The van der Waals surface area contributed by atoms with Crippen molar-refractivity contribution in [1.29, 1.82) is 0 Å². The fourth-order valence-corrected chi connectivity index (χ4v) is 2.54. The van der Waals surface area contributed by atoms with Gasteiger partial charge in [-0.3, -0.25) is 10.1 Å². The Kier molecular flexibility index (Phi) is 5.62. The third kappa shape index (κ3) is 4.57. The van der Waals surface area contributed by atoms with Gasteiger partial charge in [0.25, 0.3) is 0 Å². The van der Waals surface area contributed by atoms with Gasteiger partial charge in [0.2, 0.25) is 5.91 Å². The molecule has 0 aromatic heterocycles. The number of rotatable bonds is 5. The van der Waals surface area contributed by atoms with Gasteiger partial charge < -0.3 is 5.32 Å². The molecule has 1 amide bonds. The Morgan fingerprint density at radius 2 is 1.77 bits per heavy atom. The minimum absolute atomic E-state index is 0.0889. The van der Waals surface area contributed by atoms with Gasteiger partial charge in [0.15, 0.2) is 0 Å². The summed E-state index contributed by atoms with van der Waals surface area (Å²) in [7, 11) is 0. The lowest BCUT2D eigenvalue weighted by molar-refractivity contribution is -0.115. The second-order valence-electron chi connectivity index (χ2n) is 5.51. The summed E-state index contributed by atoms with van der Waals surface area (Å²) in [6.07, 6.45) is 0. The maximum atomic E-state index is 12.1. The Hall–Kier alpha value is -1.36. The van der Waals surface area contributed by atoms with Crippen molar-refractivity contribution in [3.63, 3.8) is 0 Å². The van der Waals surface area contributed by atoms with E-state index in [0.717, 1.165) is 15.7 Å². The number of carbonyl (C=O) groups excluding carboxylic acids is 1. The highest BCUT2D eigenvalue weighted by Crippen LogP contribution is 2.23. The van der Waals surface area contributed by atoms with Crippen LogP contribution in [0.15, 0.2) is 53.0 Å². The molecule has 0 spiro atoms. The molecule has 0 aliphatic rings. The molecular weight excluding hydrogens is 364 g/mol. The van der Waals surface area contributed by atoms with Crippen LogP contribution in [0.25, 0.3) is 0 Å². The highest BCUT2D eigenvalue weighted by Gasteiger charge is 2.20. The number of benzene rings is 2. The van der Waals surface area contributed by atoms with Crippen molar-refractivity contribution < 1.29 is 4.79 Å². The van der Waals surface area contributed by atoms with Gasteiger partial charge in [-0.1, -0.05) is 35.9 Å². The van der Waals surface area contributed by atoms with E-state index in [9.17, 15) is 4.79 Å². The van der Waals surface area contributed by atoms with Crippen LogP contribution in [0.1, 0.15) is 19.4 Å². The van der Waals surface area contributed by atoms with Crippen LogP contribution in [-0.4, -0.2) is 12.5 Å². The smallest absolute Gasteiger partial charge is 0.238 e. The molecule has 0 fully saturated rings. The summed E-state index contributed by atoms with van der Waals surface area (Å²) in [5.41, 5.74) is 1.51. The first-order chi connectivity index (χ1) is 10.4. The zero-order valence-corrected chi connectivity index (χ0v) is 14.8. The molecule has 0 atom stereocenters. The molecular formula is C17H18BrClN2O. The number of nitrogens with one attached hydrogen (secondary N) is 2. The minimum atomic E-state index is -0.324.